The first kappa shape index (κ1) is 15.3. The van der Waals surface area contributed by atoms with E-state index < -0.39 is 0 Å². The van der Waals surface area contributed by atoms with E-state index in [0.717, 1.165) is 36.8 Å². The van der Waals surface area contributed by atoms with Crippen LogP contribution in [-0.2, 0) is 12.8 Å². The Labute approximate surface area is 142 Å². The highest BCUT2D eigenvalue weighted by atomic mass is 16.2. The first-order valence-corrected chi connectivity index (χ1v) is 8.98. The molecule has 1 saturated heterocycles. The molecule has 1 aromatic carbocycles. The monoisotopic (exact) mass is 321 g/mol. The number of carbonyl (C=O) groups excluding carboxylic acids is 1. The Balaban J connectivity index is 1.68. The van der Waals surface area contributed by atoms with Crippen molar-refractivity contribution in [3.8, 4) is 6.07 Å². The Morgan fingerprint density at radius 3 is 2.83 bits per heavy atom. The quantitative estimate of drug-likeness (QED) is 0.871. The fourth-order valence-corrected chi connectivity index (χ4v) is 4.18. The molecule has 1 amide bonds. The molecule has 4 rings (SSSR count). The summed E-state index contributed by atoms with van der Waals surface area (Å²) in [5.41, 5.74) is 4.50. The lowest BCUT2D eigenvalue weighted by Gasteiger charge is -2.29. The number of likely N-dealkylation sites (tertiary alicyclic amines) is 1. The second-order valence-corrected chi connectivity index (χ2v) is 7.35. The molecule has 1 N–H and O–H groups in total. The minimum absolute atomic E-state index is 0.101. The number of amides is 1. The zero-order valence-corrected chi connectivity index (χ0v) is 14.1. The van der Waals surface area contributed by atoms with Crippen molar-refractivity contribution < 1.29 is 4.79 Å². The topological polar surface area (TPSA) is 59.9 Å². The third-order valence-corrected chi connectivity index (χ3v) is 5.66. The van der Waals surface area contributed by atoms with Gasteiger partial charge in [0.15, 0.2) is 0 Å². The smallest absolute Gasteiger partial charge is 0.255 e. The van der Waals surface area contributed by atoms with Gasteiger partial charge in [0.2, 0.25) is 0 Å². The molecular formula is C20H23N3O. The first-order valence-electron chi connectivity index (χ1n) is 8.98. The SMILES string of the molecule is C[C@@H]1CCc2[nH]c3c(C(=O)N4CCC(C#N)CC4)cccc3c2C1. The van der Waals surface area contributed by atoms with E-state index in [-0.39, 0.29) is 11.8 Å². The Hall–Kier alpha value is -2.28. The number of aromatic amines is 1. The molecule has 1 aromatic heterocycles. The van der Waals surface area contributed by atoms with Gasteiger partial charge >= 0.3 is 0 Å². The van der Waals surface area contributed by atoms with E-state index in [1.165, 1.54) is 23.1 Å². The Morgan fingerprint density at radius 1 is 1.29 bits per heavy atom. The van der Waals surface area contributed by atoms with Gasteiger partial charge in [-0.15, -0.1) is 0 Å². The second-order valence-electron chi connectivity index (χ2n) is 7.35. The van der Waals surface area contributed by atoms with Crippen molar-refractivity contribution in [1.29, 1.82) is 5.26 Å². The summed E-state index contributed by atoms with van der Waals surface area (Å²) in [6.45, 7) is 3.67. The first-order chi connectivity index (χ1) is 11.7. The van der Waals surface area contributed by atoms with Gasteiger partial charge in [-0.3, -0.25) is 4.79 Å². The number of H-pyrrole nitrogens is 1. The van der Waals surface area contributed by atoms with Gasteiger partial charge in [-0.25, -0.2) is 0 Å². The summed E-state index contributed by atoms with van der Waals surface area (Å²) >= 11 is 0. The lowest BCUT2D eigenvalue weighted by Crippen LogP contribution is -2.38. The van der Waals surface area contributed by atoms with Crippen LogP contribution in [0.5, 0.6) is 0 Å². The number of nitrogens with zero attached hydrogens (tertiary/aromatic N) is 2. The molecule has 1 aliphatic carbocycles. The second kappa shape index (κ2) is 5.98. The molecule has 124 valence electrons. The zero-order valence-electron chi connectivity index (χ0n) is 14.1. The van der Waals surface area contributed by atoms with Gasteiger partial charge < -0.3 is 9.88 Å². The van der Waals surface area contributed by atoms with Crippen LogP contribution in [0.2, 0.25) is 0 Å². The van der Waals surface area contributed by atoms with Gasteiger partial charge in [0.25, 0.3) is 5.91 Å². The van der Waals surface area contributed by atoms with Crippen LogP contribution >= 0.6 is 0 Å². The zero-order chi connectivity index (χ0) is 16.7. The molecule has 1 aliphatic heterocycles. The third kappa shape index (κ3) is 2.49. The number of hydrogen-bond acceptors (Lipinski definition) is 2. The molecule has 1 fully saturated rings. The van der Waals surface area contributed by atoms with Gasteiger partial charge in [-0.2, -0.15) is 5.26 Å². The molecule has 0 unspecified atom stereocenters. The number of hydrogen-bond donors (Lipinski definition) is 1. The molecule has 4 heteroatoms. The minimum atomic E-state index is 0.101. The number of nitrogens with one attached hydrogen (secondary N) is 1. The van der Waals surface area contributed by atoms with Gasteiger partial charge in [0, 0.05) is 30.1 Å². The van der Waals surface area contributed by atoms with Crippen molar-refractivity contribution in [2.45, 2.75) is 39.0 Å². The van der Waals surface area contributed by atoms with Crippen LogP contribution in [-0.4, -0.2) is 28.9 Å². The van der Waals surface area contributed by atoms with Crippen molar-refractivity contribution in [3.05, 3.63) is 35.0 Å². The Bertz CT molecular complexity index is 821. The predicted octanol–water partition coefficient (Wildman–Crippen LogP) is 3.67. The highest BCUT2D eigenvalue weighted by molar-refractivity contribution is 6.06. The van der Waals surface area contributed by atoms with Crippen LogP contribution in [0, 0.1) is 23.2 Å². The van der Waals surface area contributed by atoms with Crippen molar-refractivity contribution in [2.24, 2.45) is 11.8 Å². The van der Waals surface area contributed by atoms with Gasteiger partial charge in [-0.1, -0.05) is 19.1 Å². The summed E-state index contributed by atoms with van der Waals surface area (Å²) in [6.07, 6.45) is 4.96. The number of nitriles is 1. The summed E-state index contributed by atoms with van der Waals surface area (Å²) in [5, 5.41) is 10.2. The standard InChI is InChI=1S/C20H23N3O/c1-13-5-6-18-17(11-13)15-3-2-4-16(19(15)22-18)20(24)23-9-7-14(12-21)8-10-23/h2-4,13-14,22H,5-11H2,1H3/t13-/m1/s1. The number of fused-ring (bicyclic) bond motifs is 3. The van der Waals surface area contributed by atoms with E-state index in [4.69, 9.17) is 5.26 Å². The molecule has 0 saturated carbocycles. The molecule has 1 atom stereocenters. The number of aromatic nitrogens is 1. The summed E-state index contributed by atoms with van der Waals surface area (Å²) in [4.78, 5) is 18.5. The van der Waals surface area contributed by atoms with Gasteiger partial charge in [-0.05, 0) is 49.7 Å². The van der Waals surface area contributed by atoms with Crippen LogP contribution in [0.25, 0.3) is 10.9 Å². The summed E-state index contributed by atoms with van der Waals surface area (Å²) in [7, 11) is 0. The van der Waals surface area contributed by atoms with Crippen molar-refractivity contribution in [1.82, 2.24) is 9.88 Å². The maximum atomic E-state index is 13.0. The van der Waals surface area contributed by atoms with Crippen LogP contribution in [0.3, 0.4) is 0 Å². The van der Waals surface area contributed by atoms with E-state index in [9.17, 15) is 4.79 Å². The largest absolute Gasteiger partial charge is 0.358 e. The van der Waals surface area contributed by atoms with Crippen molar-refractivity contribution >= 4 is 16.8 Å². The Morgan fingerprint density at radius 2 is 2.08 bits per heavy atom. The van der Waals surface area contributed by atoms with E-state index in [2.05, 4.69) is 24.0 Å². The molecule has 24 heavy (non-hydrogen) atoms. The Kier molecular flexibility index (Phi) is 3.80. The normalized spacial score (nSPS) is 21.5. The van der Waals surface area contributed by atoms with Crippen molar-refractivity contribution in [2.75, 3.05) is 13.1 Å². The van der Waals surface area contributed by atoms with Crippen LogP contribution in [0.15, 0.2) is 18.2 Å². The van der Waals surface area contributed by atoms with Gasteiger partial charge in [0.1, 0.15) is 0 Å². The highest BCUT2D eigenvalue weighted by Gasteiger charge is 2.27. The number of para-hydroxylation sites is 1. The average Bonchev–Trinajstić information content (AvgIpc) is 2.99. The fraction of sp³-hybridized carbons (Fsp3) is 0.500. The molecule has 0 spiro atoms. The number of aryl methyl sites for hydroxylation is 1. The molecule has 2 heterocycles. The fourth-order valence-electron chi connectivity index (χ4n) is 4.18. The van der Waals surface area contributed by atoms with E-state index in [1.54, 1.807) is 0 Å². The number of rotatable bonds is 1. The number of piperidine rings is 1. The molecule has 2 aromatic rings. The molecule has 2 aliphatic rings. The molecule has 0 bridgehead atoms. The lowest BCUT2D eigenvalue weighted by molar-refractivity contribution is 0.0709. The minimum Gasteiger partial charge on any atom is -0.358 e. The van der Waals surface area contributed by atoms with Gasteiger partial charge in [0.05, 0.1) is 17.1 Å². The van der Waals surface area contributed by atoms with E-state index >= 15 is 0 Å². The number of benzene rings is 1. The van der Waals surface area contributed by atoms with Crippen LogP contribution < -0.4 is 0 Å². The average molecular weight is 321 g/mol. The molecule has 0 radical (unpaired) electrons. The predicted molar refractivity (Wildman–Crippen MR) is 93.7 cm³/mol. The van der Waals surface area contributed by atoms with Crippen LogP contribution in [0.4, 0.5) is 0 Å². The highest BCUT2D eigenvalue weighted by Crippen LogP contribution is 2.33. The maximum Gasteiger partial charge on any atom is 0.255 e. The lowest BCUT2D eigenvalue weighted by atomic mass is 9.87. The third-order valence-electron chi connectivity index (χ3n) is 5.66. The maximum absolute atomic E-state index is 13.0. The summed E-state index contributed by atoms with van der Waals surface area (Å²) in [6, 6.07) is 8.41. The summed E-state index contributed by atoms with van der Waals surface area (Å²) in [5.74, 6) is 0.911. The van der Waals surface area contributed by atoms with E-state index in [1.807, 2.05) is 17.0 Å². The number of carbonyl (C=O) groups is 1. The van der Waals surface area contributed by atoms with Crippen LogP contribution in [0.1, 0.15) is 47.8 Å². The summed E-state index contributed by atoms with van der Waals surface area (Å²) < 4.78 is 0. The van der Waals surface area contributed by atoms with E-state index in [0.29, 0.717) is 19.0 Å². The van der Waals surface area contributed by atoms with Crippen molar-refractivity contribution in [3.63, 3.8) is 0 Å². The molecule has 4 nitrogen and oxygen atoms in total. The molecular weight excluding hydrogens is 298 g/mol.